The summed E-state index contributed by atoms with van der Waals surface area (Å²) in [5, 5.41) is 6.97. The third-order valence-electron chi connectivity index (χ3n) is 5.76. The highest BCUT2D eigenvalue weighted by atomic mass is 19.1. The number of hydrogen-bond acceptors (Lipinski definition) is 5. The van der Waals surface area contributed by atoms with Gasteiger partial charge in [-0.3, -0.25) is 14.7 Å². The van der Waals surface area contributed by atoms with Gasteiger partial charge in [0.2, 0.25) is 0 Å². The van der Waals surface area contributed by atoms with Crippen molar-refractivity contribution >= 4 is 11.7 Å². The lowest BCUT2D eigenvalue weighted by Gasteiger charge is -2.38. The first-order valence-corrected chi connectivity index (χ1v) is 9.96. The molecule has 8 heteroatoms. The van der Waals surface area contributed by atoms with Gasteiger partial charge < -0.3 is 14.1 Å². The van der Waals surface area contributed by atoms with Crippen molar-refractivity contribution < 1.29 is 23.1 Å². The summed E-state index contributed by atoms with van der Waals surface area (Å²) in [7, 11) is 0. The van der Waals surface area contributed by atoms with Crippen LogP contribution in [0.4, 0.5) is 4.39 Å². The Bertz CT molecular complexity index is 1090. The van der Waals surface area contributed by atoms with Crippen molar-refractivity contribution in [3.63, 3.8) is 0 Å². The Morgan fingerprint density at radius 2 is 2.17 bits per heavy atom. The summed E-state index contributed by atoms with van der Waals surface area (Å²) < 4.78 is 24.8. The number of aromatic amines is 1. The Morgan fingerprint density at radius 3 is 3.00 bits per heavy atom. The number of carbonyl (C=O) groups excluding carboxylic acids is 2. The maximum absolute atomic E-state index is 13.4. The van der Waals surface area contributed by atoms with Gasteiger partial charge in [0.05, 0.1) is 11.8 Å². The highest BCUT2D eigenvalue weighted by Gasteiger charge is 2.36. The van der Waals surface area contributed by atoms with Crippen LogP contribution in [0.2, 0.25) is 0 Å². The molecule has 1 saturated heterocycles. The number of rotatable bonds is 3. The molecule has 1 N–H and O–H groups in total. The number of Topliss-reactive ketones (excluding diaryl/α,β-unsaturated/α-hetero) is 1. The van der Waals surface area contributed by atoms with Crippen LogP contribution < -0.4 is 4.74 Å². The zero-order valence-corrected chi connectivity index (χ0v) is 16.1. The largest absolute Gasteiger partial charge is 0.489 e. The molecule has 30 heavy (non-hydrogen) atoms. The molecule has 0 spiro atoms. The maximum Gasteiger partial charge on any atom is 0.274 e. The zero-order chi connectivity index (χ0) is 20.7. The number of likely N-dealkylation sites (tertiary alicyclic amines) is 1. The van der Waals surface area contributed by atoms with Gasteiger partial charge in [-0.2, -0.15) is 5.10 Å². The number of ketones is 1. The van der Waals surface area contributed by atoms with Gasteiger partial charge in [-0.1, -0.05) is 0 Å². The van der Waals surface area contributed by atoms with Crippen LogP contribution in [0, 0.1) is 11.7 Å². The number of H-pyrrole nitrogens is 1. The monoisotopic (exact) mass is 409 g/mol. The van der Waals surface area contributed by atoms with Crippen LogP contribution in [0.25, 0.3) is 11.5 Å². The number of amides is 1. The first-order valence-electron chi connectivity index (χ1n) is 9.96. The van der Waals surface area contributed by atoms with Gasteiger partial charge in [0.15, 0.2) is 17.2 Å². The number of aromatic nitrogens is 2. The number of furan rings is 1. The lowest BCUT2D eigenvalue weighted by atomic mass is 9.86. The van der Waals surface area contributed by atoms with Crippen LogP contribution >= 0.6 is 0 Å². The number of halogens is 1. The number of hydrogen-bond donors (Lipinski definition) is 1. The van der Waals surface area contributed by atoms with E-state index in [2.05, 4.69) is 10.2 Å². The Hall–Kier alpha value is -3.42. The predicted octanol–water partition coefficient (Wildman–Crippen LogP) is 3.70. The van der Waals surface area contributed by atoms with Crippen LogP contribution in [0.3, 0.4) is 0 Å². The molecule has 0 saturated carbocycles. The van der Waals surface area contributed by atoms with Crippen LogP contribution in [0.5, 0.6) is 5.75 Å². The fourth-order valence-electron chi connectivity index (χ4n) is 4.23. The molecule has 2 aliphatic rings. The highest BCUT2D eigenvalue weighted by Crippen LogP contribution is 2.34. The molecule has 7 nitrogen and oxygen atoms in total. The third kappa shape index (κ3) is 3.38. The molecule has 0 bridgehead atoms. The van der Waals surface area contributed by atoms with Crippen molar-refractivity contribution in [2.45, 2.75) is 25.4 Å². The van der Waals surface area contributed by atoms with Gasteiger partial charge in [-0.25, -0.2) is 4.39 Å². The van der Waals surface area contributed by atoms with Crippen molar-refractivity contribution in [3.8, 4) is 17.2 Å². The van der Waals surface area contributed by atoms with E-state index in [0.717, 1.165) is 12.8 Å². The number of nitrogens with one attached hydrogen (secondary N) is 1. The summed E-state index contributed by atoms with van der Waals surface area (Å²) in [6, 6.07) is 9.25. The van der Waals surface area contributed by atoms with Crippen LogP contribution in [-0.4, -0.2) is 46.0 Å². The Kier molecular flexibility index (Phi) is 4.61. The lowest BCUT2D eigenvalue weighted by Crippen LogP contribution is -2.46. The number of ether oxygens (including phenoxy) is 1. The average Bonchev–Trinajstić information content (AvgIpc) is 3.45. The minimum Gasteiger partial charge on any atom is -0.489 e. The van der Waals surface area contributed by atoms with E-state index in [0.29, 0.717) is 36.0 Å². The number of benzene rings is 1. The van der Waals surface area contributed by atoms with Crippen molar-refractivity contribution in [2.24, 2.45) is 5.92 Å². The van der Waals surface area contributed by atoms with E-state index in [1.807, 2.05) is 0 Å². The normalized spacial score (nSPS) is 21.2. The second kappa shape index (κ2) is 7.44. The van der Waals surface area contributed by atoms with Crippen molar-refractivity contribution in [1.29, 1.82) is 0 Å². The Balaban J connectivity index is 1.30. The minimum absolute atomic E-state index is 0.0216. The smallest absolute Gasteiger partial charge is 0.274 e. The quantitative estimate of drug-likeness (QED) is 0.713. The van der Waals surface area contributed by atoms with E-state index >= 15 is 0 Å². The van der Waals surface area contributed by atoms with E-state index in [1.54, 1.807) is 29.4 Å². The summed E-state index contributed by atoms with van der Waals surface area (Å²) in [5.74, 6) is 0.302. The molecule has 5 rings (SSSR count). The summed E-state index contributed by atoms with van der Waals surface area (Å²) in [6.45, 7) is 1.11. The molecule has 154 valence electrons. The molecule has 3 aromatic rings. The van der Waals surface area contributed by atoms with Gasteiger partial charge in [-0.05, 0) is 43.2 Å². The summed E-state index contributed by atoms with van der Waals surface area (Å²) in [6.07, 6.45) is 3.09. The van der Waals surface area contributed by atoms with Gasteiger partial charge in [0, 0.05) is 31.5 Å². The number of fused-ring (bicyclic) bond motifs is 1. The number of piperidine rings is 1. The molecule has 2 atom stereocenters. The zero-order valence-electron chi connectivity index (χ0n) is 16.1. The molecule has 1 amide bonds. The SMILES string of the molecule is O=C1C[C@@H]([C@H]2CCCN(C(=O)c3cc(-c4ccco4)[nH]n3)C2)Oc2ccc(F)cc21. The van der Waals surface area contributed by atoms with Crippen LogP contribution in [-0.2, 0) is 0 Å². The van der Waals surface area contributed by atoms with E-state index < -0.39 is 5.82 Å². The number of nitrogens with zero attached hydrogens (tertiary/aromatic N) is 2. The Labute approximate surface area is 171 Å². The molecule has 2 aromatic heterocycles. The molecule has 0 unspecified atom stereocenters. The van der Waals surface area contributed by atoms with Gasteiger partial charge in [-0.15, -0.1) is 0 Å². The van der Waals surface area contributed by atoms with Gasteiger partial charge >= 0.3 is 0 Å². The van der Waals surface area contributed by atoms with Crippen LogP contribution in [0.15, 0.2) is 47.1 Å². The van der Waals surface area contributed by atoms with Gasteiger partial charge in [0.25, 0.3) is 5.91 Å². The summed E-state index contributed by atoms with van der Waals surface area (Å²) >= 11 is 0. The fourth-order valence-corrected chi connectivity index (χ4v) is 4.23. The second-order valence-electron chi connectivity index (χ2n) is 7.72. The standard InChI is InChI=1S/C22H20FN3O4/c23-14-5-6-19-15(9-14)18(27)11-21(30-19)13-3-1-7-26(12-13)22(28)17-10-16(24-25-17)20-4-2-8-29-20/h2,4-6,8-10,13,21H,1,3,7,11-12H2,(H,24,25)/t13-,21-/m0/s1. The second-order valence-corrected chi connectivity index (χ2v) is 7.72. The van der Waals surface area contributed by atoms with E-state index in [1.165, 1.54) is 18.2 Å². The summed E-state index contributed by atoms with van der Waals surface area (Å²) in [5.41, 5.74) is 1.25. The number of carbonyl (C=O) groups is 2. The van der Waals surface area contributed by atoms with Crippen molar-refractivity contribution in [2.75, 3.05) is 13.1 Å². The topological polar surface area (TPSA) is 88.4 Å². The first kappa shape index (κ1) is 18.6. The van der Waals surface area contributed by atoms with Crippen LogP contribution in [0.1, 0.15) is 40.1 Å². The molecule has 0 radical (unpaired) electrons. The first-order chi connectivity index (χ1) is 14.6. The minimum atomic E-state index is -0.452. The lowest BCUT2D eigenvalue weighted by molar-refractivity contribution is 0.0405. The van der Waals surface area contributed by atoms with E-state index in [-0.39, 0.29) is 35.7 Å². The molecule has 2 aliphatic heterocycles. The van der Waals surface area contributed by atoms with E-state index in [9.17, 15) is 14.0 Å². The predicted molar refractivity (Wildman–Crippen MR) is 105 cm³/mol. The van der Waals surface area contributed by atoms with Crippen molar-refractivity contribution in [1.82, 2.24) is 15.1 Å². The van der Waals surface area contributed by atoms with Crippen molar-refractivity contribution in [3.05, 3.63) is 59.7 Å². The summed E-state index contributed by atoms with van der Waals surface area (Å²) in [4.78, 5) is 27.2. The molecule has 0 aliphatic carbocycles. The molecular weight excluding hydrogens is 389 g/mol. The highest BCUT2D eigenvalue weighted by molar-refractivity contribution is 6.00. The Morgan fingerprint density at radius 1 is 1.27 bits per heavy atom. The van der Waals surface area contributed by atoms with E-state index in [4.69, 9.17) is 9.15 Å². The molecular formula is C22H20FN3O4. The average molecular weight is 409 g/mol. The molecule has 4 heterocycles. The fraction of sp³-hybridized carbons (Fsp3) is 0.318. The molecule has 1 aromatic carbocycles. The molecule has 1 fully saturated rings. The third-order valence-corrected chi connectivity index (χ3v) is 5.76. The maximum atomic E-state index is 13.4. The van der Waals surface area contributed by atoms with Gasteiger partial charge in [0.1, 0.15) is 23.4 Å².